The molecule has 2 aliphatic rings. The Balaban J connectivity index is 0.00000196. The zero-order chi connectivity index (χ0) is 17.2. The van der Waals surface area contributed by atoms with Crippen LogP contribution in [-0.4, -0.2) is 47.6 Å². The van der Waals surface area contributed by atoms with Crippen molar-refractivity contribution < 1.29 is 0 Å². The van der Waals surface area contributed by atoms with Crippen molar-refractivity contribution in [2.24, 2.45) is 4.99 Å². The third-order valence-corrected chi connectivity index (χ3v) is 5.99. The minimum Gasteiger partial charge on any atom is -0.357 e. The van der Waals surface area contributed by atoms with Gasteiger partial charge in [0, 0.05) is 36.7 Å². The molecule has 1 atom stereocenters. The van der Waals surface area contributed by atoms with Crippen molar-refractivity contribution in [2.75, 3.05) is 19.6 Å². The summed E-state index contributed by atoms with van der Waals surface area (Å²) < 4.78 is 1.16. The molecule has 0 spiro atoms. The van der Waals surface area contributed by atoms with Crippen molar-refractivity contribution in [3.05, 3.63) is 28.2 Å². The zero-order valence-corrected chi connectivity index (χ0v) is 18.8. The maximum atomic E-state index is 6.04. The average Bonchev–Trinajstić information content (AvgIpc) is 3.21. The molecule has 2 aromatic rings. The first-order valence-corrected chi connectivity index (χ1v) is 10.2. The summed E-state index contributed by atoms with van der Waals surface area (Å²) in [6.07, 6.45) is 3.95. The number of nitrogens with zero attached hydrogens (tertiary/aromatic N) is 3. The third kappa shape index (κ3) is 4.99. The van der Waals surface area contributed by atoms with Gasteiger partial charge in [0.05, 0.1) is 16.8 Å². The highest BCUT2D eigenvalue weighted by Gasteiger charge is 2.34. The molecule has 1 aliphatic carbocycles. The highest BCUT2D eigenvalue weighted by atomic mass is 127. The predicted octanol–water partition coefficient (Wildman–Crippen LogP) is 3.86. The van der Waals surface area contributed by atoms with Gasteiger partial charge in [0.25, 0.3) is 0 Å². The molecule has 2 fully saturated rings. The molecular weight excluding hydrogens is 481 g/mol. The van der Waals surface area contributed by atoms with E-state index in [1.165, 1.54) is 25.8 Å². The molecule has 1 saturated heterocycles. The van der Waals surface area contributed by atoms with E-state index in [9.17, 15) is 0 Å². The number of nitrogens with one attached hydrogen (secondary N) is 2. The van der Waals surface area contributed by atoms with Crippen LogP contribution < -0.4 is 10.6 Å². The molecule has 1 aromatic carbocycles. The summed E-state index contributed by atoms with van der Waals surface area (Å²) in [4.78, 5) is 12.0. The van der Waals surface area contributed by atoms with E-state index in [1.807, 2.05) is 18.2 Å². The molecule has 5 nitrogen and oxygen atoms in total. The number of fused-ring (bicyclic) bond motifs is 1. The van der Waals surface area contributed by atoms with Gasteiger partial charge in [-0.3, -0.25) is 4.90 Å². The number of rotatable bonds is 5. The van der Waals surface area contributed by atoms with Gasteiger partial charge in [-0.25, -0.2) is 9.98 Å². The standard InChI is InChI=1S/C18H24ClN5S.HI/c1-2-20-18(22-13-7-8-24(11-13)14-4-5-14)21-10-17-23-15-9-12(19)3-6-16(15)25-17;/h3,6,9,13-14H,2,4-5,7-8,10-11H2,1H3,(H2,20,21,22);1H. The number of aliphatic imine (C=N–C) groups is 1. The first-order valence-electron chi connectivity index (χ1n) is 9.05. The number of guanidine groups is 1. The second-order valence-electron chi connectivity index (χ2n) is 6.77. The topological polar surface area (TPSA) is 52.6 Å². The maximum Gasteiger partial charge on any atom is 0.191 e. The molecule has 1 saturated carbocycles. The van der Waals surface area contributed by atoms with Crippen molar-refractivity contribution >= 4 is 63.1 Å². The maximum absolute atomic E-state index is 6.04. The van der Waals surface area contributed by atoms with Gasteiger partial charge in [0.1, 0.15) is 5.01 Å². The lowest BCUT2D eigenvalue weighted by Crippen LogP contribution is -2.44. The largest absolute Gasteiger partial charge is 0.357 e. The molecule has 2 N–H and O–H groups in total. The van der Waals surface area contributed by atoms with Gasteiger partial charge in [-0.15, -0.1) is 35.3 Å². The van der Waals surface area contributed by atoms with Crippen LogP contribution in [0.15, 0.2) is 23.2 Å². The Labute approximate surface area is 180 Å². The number of likely N-dealkylation sites (tertiary alicyclic amines) is 1. The highest BCUT2D eigenvalue weighted by Crippen LogP contribution is 2.29. The van der Waals surface area contributed by atoms with Crippen molar-refractivity contribution in [3.8, 4) is 0 Å². The molecule has 0 radical (unpaired) electrons. The summed E-state index contributed by atoms with van der Waals surface area (Å²) in [5, 5.41) is 8.69. The summed E-state index contributed by atoms with van der Waals surface area (Å²) >= 11 is 7.72. The highest BCUT2D eigenvalue weighted by molar-refractivity contribution is 14.0. The molecule has 142 valence electrons. The lowest BCUT2D eigenvalue weighted by atomic mass is 10.3. The van der Waals surface area contributed by atoms with Crippen molar-refractivity contribution in [2.45, 2.75) is 44.8 Å². The molecule has 1 aliphatic heterocycles. The van der Waals surface area contributed by atoms with E-state index in [4.69, 9.17) is 16.6 Å². The predicted molar refractivity (Wildman–Crippen MR) is 121 cm³/mol. The van der Waals surface area contributed by atoms with Crippen LogP contribution in [0.4, 0.5) is 0 Å². The Morgan fingerprint density at radius 3 is 3.00 bits per heavy atom. The van der Waals surface area contributed by atoms with E-state index in [0.717, 1.165) is 45.3 Å². The van der Waals surface area contributed by atoms with Crippen LogP contribution in [0.1, 0.15) is 31.2 Å². The van der Waals surface area contributed by atoms with Crippen LogP contribution in [0.25, 0.3) is 10.2 Å². The third-order valence-electron chi connectivity index (χ3n) is 4.73. The quantitative estimate of drug-likeness (QED) is 0.368. The van der Waals surface area contributed by atoms with Gasteiger partial charge in [-0.1, -0.05) is 11.6 Å². The van der Waals surface area contributed by atoms with E-state index >= 15 is 0 Å². The van der Waals surface area contributed by atoms with Gasteiger partial charge in [0.2, 0.25) is 0 Å². The Kier molecular flexibility index (Phi) is 6.98. The van der Waals surface area contributed by atoms with Crippen LogP contribution >= 0.6 is 46.9 Å². The SMILES string of the molecule is CCNC(=NCc1nc2cc(Cl)ccc2s1)NC1CCN(C2CC2)C1.I. The van der Waals surface area contributed by atoms with Crippen molar-refractivity contribution in [3.63, 3.8) is 0 Å². The fourth-order valence-electron chi connectivity index (χ4n) is 3.35. The number of halogens is 2. The van der Waals surface area contributed by atoms with E-state index in [2.05, 4.69) is 27.4 Å². The average molecular weight is 506 g/mol. The Hall–Kier alpha value is -0.640. The van der Waals surface area contributed by atoms with Gasteiger partial charge < -0.3 is 10.6 Å². The number of benzene rings is 1. The molecule has 4 rings (SSSR count). The van der Waals surface area contributed by atoms with Gasteiger partial charge >= 0.3 is 0 Å². The number of thiazole rings is 1. The lowest BCUT2D eigenvalue weighted by Gasteiger charge is -2.18. The fourth-order valence-corrected chi connectivity index (χ4v) is 4.39. The molecule has 8 heteroatoms. The Morgan fingerprint density at radius 2 is 2.23 bits per heavy atom. The minimum absolute atomic E-state index is 0. The van der Waals surface area contributed by atoms with Crippen LogP contribution in [0, 0.1) is 0 Å². The first-order chi connectivity index (χ1) is 12.2. The van der Waals surface area contributed by atoms with Crippen LogP contribution in [-0.2, 0) is 6.54 Å². The van der Waals surface area contributed by atoms with Crippen molar-refractivity contribution in [1.82, 2.24) is 20.5 Å². The summed E-state index contributed by atoms with van der Waals surface area (Å²) in [7, 11) is 0. The van der Waals surface area contributed by atoms with E-state index < -0.39 is 0 Å². The molecule has 0 amide bonds. The normalized spacial score (nSPS) is 21.0. The van der Waals surface area contributed by atoms with Crippen molar-refractivity contribution in [1.29, 1.82) is 0 Å². The molecule has 1 aromatic heterocycles. The second kappa shape index (κ2) is 9.03. The summed E-state index contributed by atoms with van der Waals surface area (Å²) in [6, 6.07) is 7.19. The van der Waals surface area contributed by atoms with Crippen LogP contribution in [0.2, 0.25) is 5.02 Å². The molecular formula is C18H25ClIN5S. The summed E-state index contributed by atoms with van der Waals surface area (Å²) in [5.41, 5.74) is 0.955. The molecule has 26 heavy (non-hydrogen) atoms. The fraction of sp³-hybridized carbons (Fsp3) is 0.556. The Bertz CT molecular complexity index is 776. The minimum atomic E-state index is 0. The van der Waals surface area contributed by atoms with E-state index in [0.29, 0.717) is 12.6 Å². The molecule has 1 unspecified atom stereocenters. The first kappa shape index (κ1) is 20.1. The van der Waals surface area contributed by atoms with Crippen LogP contribution in [0.5, 0.6) is 0 Å². The smallest absolute Gasteiger partial charge is 0.191 e. The summed E-state index contributed by atoms with van der Waals surface area (Å²) in [5.74, 6) is 0.891. The van der Waals surface area contributed by atoms with Crippen LogP contribution in [0.3, 0.4) is 0 Å². The number of hydrogen-bond acceptors (Lipinski definition) is 4. The zero-order valence-electron chi connectivity index (χ0n) is 14.9. The number of hydrogen-bond donors (Lipinski definition) is 2. The van der Waals surface area contributed by atoms with Gasteiger partial charge in [-0.05, 0) is 44.4 Å². The summed E-state index contributed by atoms with van der Waals surface area (Å²) in [6.45, 7) is 5.89. The van der Waals surface area contributed by atoms with E-state index in [-0.39, 0.29) is 24.0 Å². The molecule has 0 bridgehead atoms. The van der Waals surface area contributed by atoms with Gasteiger partial charge in [-0.2, -0.15) is 0 Å². The number of aromatic nitrogens is 1. The monoisotopic (exact) mass is 505 g/mol. The second-order valence-corrected chi connectivity index (χ2v) is 8.32. The van der Waals surface area contributed by atoms with Gasteiger partial charge in [0.15, 0.2) is 5.96 Å². The lowest BCUT2D eigenvalue weighted by molar-refractivity contribution is 0.321. The van der Waals surface area contributed by atoms with E-state index in [1.54, 1.807) is 11.3 Å². The molecule has 2 heterocycles. The Morgan fingerprint density at radius 1 is 1.38 bits per heavy atom.